The highest BCUT2D eigenvalue weighted by Gasteiger charge is 2.24. The number of anilines is 1. The van der Waals surface area contributed by atoms with Crippen LogP contribution in [0.1, 0.15) is 6.92 Å². The van der Waals surface area contributed by atoms with Gasteiger partial charge in [0.05, 0.1) is 42.7 Å². The maximum atomic E-state index is 6.64. The highest BCUT2D eigenvalue weighted by molar-refractivity contribution is 6.41. The second-order valence-corrected chi connectivity index (χ2v) is 8.11. The summed E-state index contributed by atoms with van der Waals surface area (Å²) in [6.07, 6.45) is 1.80. The Morgan fingerprint density at radius 1 is 1.07 bits per heavy atom. The van der Waals surface area contributed by atoms with Crippen LogP contribution < -0.4 is 14.4 Å². The van der Waals surface area contributed by atoms with Gasteiger partial charge in [-0.2, -0.15) is 0 Å². The first-order chi connectivity index (χ1) is 14.4. The van der Waals surface area contributed by atoms with E-state index >= 15 is 0 Å². The van der Waals surface area contributed by atoms with Gasteiger partial charge in [0.15, 0.2) is 0 Å². The van der Waals surface area contributed by atoms with Crippen molar-refractivity contribution < 1.29 is 14.2 Å². The van der Waals surface area contributed by atoms with E-state index in [0.29, 0.717) is 57.7 Å². The molecule has 3 heterocycles. The second-order valence-electron chi connectivity index (χ2n) is 6.97. The van der Waals surface area contributed by atoms with Gasteiger partial charge in [-0.3, -0.25) is 0 Å². The Labute approximate surface area is 189 Å². The van der Waals surface area contributed by atoms with Crippen LogP contribution in [0.15, 0.2) is 24.4 Å². The standard InChI is InChI=1S/C21H20Cl3N3O3/c1-11-10-27(4-5-30-11)21-13-7-17(22)25-9-12(13)6-14(26-21)18-19(23)15(28-2)8-16(29-3)20(18)24/h6-9,11H,4-5,10H2,1-3H3. The van der Waals surface area contributed by atoms with Crippen LogP contribution >= 0.6 is 34.8 Å². The molecule has 0 saturated carbocycles. The van der Waals surface area contributed by atoms with Crippen molar-refractivity contribution in [1.82, 2.24) is 9.97 Å². The Morgan fingerprint density at radius 2 is 1.77 bits per heavy atom. The first kappa shape index (κ1) is 21.2. The topological polar surface area (TPSA) is 56.7 Å². The third kappa shape index (κ3) is 3.85. The summed E-state index contributed by atoms with van der Waals surface area (Å²) in [5, 5.41) is 2.89. The van der Waals surface area contributed by atoms with Crippen molar-refractivity contribution >= 4 is 51.4 Å². The molecule has 9 heteroatoms. The molecule has 30 heavy (non-hydrogen) atoms. The number of halogens is 3. The summed E-state index contributed by atoms with van der Waals surface area (Å²) in [5.74, 6) is 1.67. The predicted octanol–water partition coefficient (Wildman–Crippen LogP) is 5.50. The van der Waals surface area contributed by atoms with Gasteiger partial charge in [0.25, 0.3) is 0 Å². The molecule has 1 fully saturated rings. The maximum Gasteiger partial charge on any atom is 0.141 e. The van der Waals surface area contributed by atoms with Crippen LogP contribution in [0.3, 0.4) is 0 Å². The van der Waals surface area contributed by atoms with Gasteiger partial charge in [0, 0.05) is 41.7 Å². The van der Waals surface area contributed by atoms with E-state index < -0.39 is 0 Å². The Balaban J connectivity index is 1.98. The molecule has 0 radical (unpaired) electrons. The van der Waals surface area contributed by atoms with Crippen molar-refractivity contribution in [3.63, 3.8) is 0 Å². The molecule has 0 spiro atoms. The molecule has 1 atom stereocenters. The third-order valence-corrected chi connectivity index (χ3v) is 5.99. The SMILES string of the molecule is COc1cc(OC)c(Cl)c(-c2cc3cnc(Cl)cc3c(N3CCOC(C)C3)n2)c1Cl. The number of benzene rings is 1. The van der Waals surface area contributed by atoms with Crippen molar-refractivity contribution in [1.29, 1.82) is 0 Å². The third-order valence-electron chi connectivity index (χ3n) is 5.03. The second kappa shape index (κ2) is 8.63. The van der Waals surface area contributed by atoms with Gasteiger partial charge in [-0.1, -0.05) is 34.8 Å². The molecule has 1 saturated heterocycles. The minimum Gasteiger partial charge on any atom is -0.495 e. The van der Waals surface area contributed by atoms with Crippen molar-refractivity contribution in [2.75, 3.05) is 38.8 Å². The van der Waals surface area contributed by atoms with Gasteiger partial charge in [-0.25, -0.2) is 9.97 Å². The van der Waals surface area contributed by atoms with Crippen LogP contribution in [0.2, 0.25) is 15.2 Å². The van der Waals surface area contributed by atoms with Gasteiger partial charge in [-0.15, -0.1) is 0 Å². The van der Waals surface area contributed by atoms with Gasteiger partial charge in [-0.05, 0) is 19.1 Å². The van der Waals surface area contributed by atoms with E-state index in [-0.39, 0.29) is 6.10 Å². The van der Waals surface area contributed by atoms with E-state index in [1.807, 2.05) is 19.1 Å². The van der Waals surface area contributed by atoms with Gasteiger partial charge >= 0.3 is 0 Å². The van der Waals surface area contributed by atoms with Gasteiger partial charge < -0.3 is 19.1 Å². The zero-order valence-corrected chi connectivity index (χ0v) is 19.0. The molecule has 158 valence electrons. The van der Waals surface area contributed by atoms with E-state index in [4.69, 9.17) is 54.0 Å². The summed E-state index contributed by atoms with van der Waals surface area (Å²) in [6.45, 7) is 4.06. The summed E-state index contributed by atoms with van der Waals surface area (Å²) < 4.78 is 16.5. The molecule has 3 aromatic rings. The molecule has 0 aliphatic carbocycles. The molecule has 4 rings (SSSR count). The van der Waals surface area contributed by atoms with E-state index in [9.17, 15) is 0 Å². The highest BCUT2D eigenvalue weighted by Crippen LogP contribution is 2.46. The summed E-state index contributed by atoms with van der Waals surface area (Å²) >= 11 is 19.5. The van der Waals surface area contributed by atoms with Crippen LogP contribution in [0.25, 0.3) is 22.0 Å². The molecular weight excluding hydrogens is 449 g/mol. The van der Waals surface area contributed by atoms with Gasteiger partial charge in [0.2, 0.25) is 0 Å². The van der Waals surface area contributed by atoms with Gasteiger partial charge in [0.1, 0.15) is 22.5 Å². The molecule has 0 N–H and O–H groups in total. The average Bonchev–Trinajstić information content (AvgIpc) is 2.73. The molecule has 6 nitrogen and oxygen atoms in total. The predicted molar refractivity (Wildman–Crippen MR) is 121 cm³/mol. The van der Waals surface area contributed by atoms with Crippen LogP contribution in [0, 0.1) is 0 Å². The van der Waals surface area contributed by atoms with E-state index in [0.717, 1.165) is 16.6 Å². The minimum absolute atomic E-state index is 0.0839. The van der Waals surface area contributed by atoms with Crippen LogP contribution in [0.5, 0.6) is 11.5 Å². The van der Waals surface area contributed by atoms with Crippen molar-refractivity contribution in [3.8, 4) is 22.8 Å². The number of pyridine rings is 2. The van der Waals surface area contributed by atoms with Crippen molar-refractivity contribution in [3.05, 3.63) is 39.6 Å². The molecule has 1 unspecified atom stereocenters. The Hall–Kier alpha value is -1.99. The fourth-order valence-corrected chi connectivity index (χ4v) is 4.45. The molecule has 2 aromatic heterocycles. The molecule has 1 aliphatic heterocycles. The number of ether oxygens (including phenoxy) is 3. The first-order valence-corrected chi connectivity index (χ1v) is 10.5. The zero-order valence-electron chi connectivity index (χ0n) is 16.7. The normalized spacial score (nSPS) is 16.7. The lowest BCUT2D eigenvalue weighted by molar-refractivity contribution is 0.0530. The molecule has 1 aliphatic rings. The maximum absolute atomic E-state index is 6.64. The number of methoxy groups -OCH3 is 2. The van der Waals surface area contributed by atoms with Crippen LogP contribution in [-0.4, -0.2) is 50.0 Å². The molecule has 0 amide bonds. The number of hydrogen-bond acceptors (Lipinski definition) is 6. The fourth-order valence-electron chi connectivity index (χ4n) is 3.59. The largest absolute Gasteiger partial charge is 0.495 e. The molecule has 1 aromatic carbocycles. The Kier molecular flexibility index (Phi) is 6.11. The Morgan fingerprint density at radius 3 is 2.40 bits per heavy atom. The number of morpholine rings is 1. The van der Waals surface area contributed by atoms with Crippen LogP contribution in [-0.2, 0) is 4.74 Å². The summed E-state index contributed by atoms with van der Waals surface area (Å²) in [4.78, 5) is 11.4. The smallest absolute Gasteiger partial charge is 0.141 e. The fraction of sp³-hybridized carbons (Fsp3) is 0.333. The number of hydrogen-bond donors (Lipinski definition) is 0. The lowest BCUT2D eigenvalue weighted by Crippen LogP contribution is -2.41. The lowest BCUT2D eigenvalue weighted by Gasteiger charge is -2.33. The van der Waals surface area contributed by atoms with E-state index in [1.54, 1.807) is 26.5 Å². The first-order valence-electron chi connectivity index (χ1n) is 9.36. The monoisotopic (exact) mass is 467 g/mol. The van der Waals surface area contributed by atoms with Crippen LogP contribution in [0.4, 0.5) is 5.82 Å². The minimum atomic E-state index is 0.0839. The van der Waals surface area contributed by atoms with E-state index in [1.165, 1.54) is 0 Å². The quantitative estimate of drug-likeness (QED) is 0.471. The Bertz CT molecular complexity index is 1080. The van der Waals surface area contributed by atoms with E-state index in [2.05, 4.69) is 9.88 Å². The lowest BCUT2D eigenvalue weighted by atomic mass is 10.1. The number of fused-ring (bicyclic) bond motifs is 1. The van der Waals surface area contributed by atoms with Crippen molar-refractivity contribution in [2.24, 2.45) is 0 Å². The number of nitrogens with zero attached hydrogens (tertiary/aromatic N) is 3. The molecule has 0 bridgehead atoms. The highest BCUT2D eigenvalue weighted by atomic mass is 35.5. The average molecular weight is 469 g/mol. The summed E-state index contributed by atoms with van der Waals surface area (Å²) in [6, 6.07) is 5.36. The number of aromatic nitrogens is 2. The summed E-state index contributed by atoms with van der Waals surface area (Å²) in [7, 11) is 3.08. The van der Waals surface area contributed by atoms with Crippen molar-refractivity contribution in [2.45, 2.75) is 13.0 Å². The number of rotatable bonds is 4. The zero-order chi connectivity index (χ0) is 21.4. The molecular formula is C21H20Cl3N3O3. The summed E-state index contributed by atoms with van der Waals surface area (Å²) in [5.41, 5.74) is 1.13.